The van der Waals surface area contributed by atoms with E-state index in [9.17, 15) is 4.79 Å². The Bertz CT molecular complexity index is 673. The number of rotatable bonds is 3. The predicted molar refractivity (Wildman–Crippen MR) is 76.6 cm³/mol. The Balaban J connectivity index is 1.98. The van der Waals surface area contributed by atoms with Gasteiger partial charge in [0.15, 0.2) is 5.58 Å². The van der Waals surface area contributed by atoms with Crippen LogP contribution in [-0.2, 0) is 11.3 Å². The van der Waals surface area contributed by atoms with Gasteiger partial charge in [0.25, 0.3) is 0 Å². The van der Waals surface area contributed by atoms with Crippen LogP contribution in [0.25, 0.3) is 11.1 Å². The van der Waals surface area contributed by atoms with Gasteiger partial charge in [-0.05, 0) is 37.0 Å². The molecule has 108 valence electrons. The zero-order valence-electron chi connectivity index (χ0n) is 11.8. The van der Waals surface area contributed by atoms with E-state index in [1.54, 1.807) is 4.57 Å². The molecule has 0 spiro atoms. The lowest BCUT2D eigenvalue weighted by atomic mass is 9.93. The molecule has 0 saturated carbocycles. The Hall–Kier alpha value is -1.59. The van der Waals surface area contributed by atoms with Crippen LogP contribution in [0.15, 0.2) is 27.4 Å². The van der Waals surface area contributed by atoms with E-state index in [1.807, 2.05) is 25.1 Å². The molecule has 2 aromatic rings. The van der Waals surface area contributed by atoms with Crippen LogP contribution in [0.2, 0.25) is 0 Å². The van der Waals surface area contributed by atoms with Crippen LogP contribution < -0.4 is 11.5 Å². The highest BCUT2D eigenvalue weighted by Gasteiger charge is 2.31. The summed E-state index contributed by atoms with van der Waals surface area (Å²) in [6.07, 6.45) is 1.08. The summed E-state index contributed by atoms with van der Waals surface area (Å²) >= 11 is 0. The molecule has 1 aromatic heterocycles. The maximum atomic E-state index is 11.7. The molecule has 0 amide bonds. The van der Waals surface area contributed by atoms with Crippen molar-refractivity contribution in [3.8, 4) is 0 Å². The van der Waals surface area contributed by atoms with Crippen LogP contribution in [-0.4, -0.2) is 17.3 Å². The molecule has 5 heteroatoms. The Morgan fingerprint density at radius 3 is 2.95 bits per heavy atom. The summed E-state index contributed by atoms with van der Waals surface area (Å²) in [4.78, 5) is 11.7. The molecule has 20 heavy (non-hydrogen) atoms. The molecule has 0 bridgehead atoms. The van der Waals surface area contributed by atoms with E-state index < -0.39 is 0 Å². The minimum absolute atomic E-state index is 0.0347. The molecule has 1 fully saturated rings. The van der Waals surface area contributed by atoms with Gasteiger partial charge >= 0.3 is 5.76 Å². The van der Waals surface area contributed by atoms with Gasteiger partial charge < -0.3 is 14.9 Å². The highest BCUT2D eigenvalue weighted by Crippen LogP contribution is 2.30. The van der Waals surface area contributed by atoms with Crippen molar-refractivity contribution in [2.75, 3.05) is 6.61 Å². The van der Waals surface area contributed by atoms with E-state index in [4.69, 9.17) is 14.9 Å². The van der Waals surface area contributed by atoms with Crippen LogP contribution in [0.4, 0.5) is 0 Å². The highest BCUT2D eigenvalue weighted by atomic mass is 16.5. The topological polar surface area (TPSA) is 70.4 Å². The van der Waals surface area contributed by atoms with Crippen LogP contribution >= 0.6 is 0 Å². The van der Waals surface area contributed by atoms with E-state index in [-0.39, 0.29) is 17.9 Å². The number of nitrogens with zero attached hydrogens (tertiary/aromatic N) is 1. The average molecular weight is 276 g/mol. The van der Waals surface area contributed by atoms with Crippen molar-refractivity contribution in [1.29, 1.82) is 0 Å². The Labute approximate surface area is 117 Å². The van der Waals surface area contributed by atoms with Crippen molar-refractivity contribution in [3.63, 3.8) is 0 Å². The Morgan fingerprint density at radius 2 is 2.30 bits per heavy atom. The van der Waals surface area contributed by atoms with Gasteiger partial charge in [-0.1, -0.05) is 13.0 Å². The molecule has 0 radical (unpaired) electrons. The van der Waals surface area contributed by atoms with Gasteiger partial charge in [-0.25, -0.2) is 4.79 Å². The molecular weight excluding hydrogens is 256 g/mol. The zero-order chi connectivity index (χ0) is 14.3. The lowest BCUT2D eigenvalue weighted by Crippen LogP contribution is -2.29. The molecule has 2 N–H and O–H groups in total. The average Bonchev–Trinajstić information content (AvgIpc) is 2.99. The number of aromatic nitrogens is 1. The van der Waals surface area contributed by atoms with Gasteiger partial charge in [0.2, 0.25) is 0 Å². The normalized spacial score (nSPS) is 24.4. The largest absolute Gasteiger partial charge is 0.419 e. The van der Waals surface area contributed by atoms with Gasteiger partial charge in [-0.15, -0.1) is 0 Å². The van der Waals surface area contributed by atoms with Gasteiger partial charge in [0, 0.05) is 13.2 Å². The van der Waals surface area contributed by atoms with E-state index in [1.165, 1.54) is 0 Å². The highest BCUT2D eigenvalue weighted by molar-refractivity contribution is 5.74. The second kappa shape index (κ2) is 5.07. The van der Waals surface area contributed by atoms with E-state index in [2.05, 4.69) is 6.92 Å². The Morgan fingerprint density at radius 1 is 1.50 bits per heavy atom. The fourth-order valence-electron chi connectivity index (χ4n) is 2.96. The quantitative estimate of drug-likeness (QED) is 0.931. The maximum absolute atomic E-state index is 11.7. The summed E-state index contributed by atoms with van der Waals surface area (Å²) < 4.78 is 12.6. The monoisotopic (exact) mass is 276 g/mol. The minimum Gasteiger partial charge on any atom is -0.408 e. The second-order valence-electron chi connectivity index (χ2n) is 5.47. The third kappa shape index (κ3) is 2.07. The van der Waals surface area contributed by atoms with Crippen molar-refractivity contribution in [2.45, 2.75) is 39.0 Å². The number of aryl methyl sites for hydroxylation is 1. The Kier molecular flexibility index (Phi) is 3.40. The molecule has 3 atom stereocenters. The van der Waals surface area contributed by atoms with E-state index >= 15 is 0 Å². The summed E-state index contributed by atoms with van der Waals surface area (Å²) in [7, 11) is 0. The summed E-state index contributed by atoms with van der Waals surface area (Å²) in [6, 6.07) is 5.54. The molecular formula is C15H20N2O3. The third-order valence-corrected chi connectivity index (χ3v) is 4.19. The minimum atomic E-state index is -0.321. The number of oxazole rings is 1. The van der Waals surface area contributed by atoms with Crippen LogP contribution in [0.1, 0.15) is 31.9 Å². The second-order valence-corrected chi connectivity index (χ2v) is 5.47. The van der Waals surface area contributed by atoms with Gasteiger partial charge in [0.1, 0.15) is 0 Å². The van der Waals surface area contributed by atoms with Crippen molar-refractivity contribution >= 4 is 11.1 Å². The first-order valence-corrected chi connectivity index (χ1v) is 7.12. The van der Waals surface area contributed by atoms with Gasteiger partial charge in [0.05, 0.1) is 17.7 Å². The number of ether oxygens (including phenoxy) is 1. The molecule has 5 nitrogen and oxygen atoms in total. The van der Waals surface area contributed by atoms with Crippen molar-refractivity contribution in [3.05, 3.63) is 34.3 Å². The molecule has 3 unspecified atom stereocenters. The molecule has 1 aliphatic rings. The number of hydrogen-bond donors (Lipinski definition) is 1. The molecule has 1 aromatic carbocycles. The number of hydrogen-bond acceptors (Lipinski definition) is 4. The first-order chi connectivity index (χ1) is 9.61. The zero-order valence-corrected chi connectivity index (χ0v) is 11.8. The van der Waals surface area contributed by atoms with Crippen LogP contribution in [0.5, 0.6) is 0 Å². The molecule has 1 aliphatic heterocycles. The first kappa shape index (κ1) is 13.4. The van der Waals surface area contributed by atoms with Gasteiger partial charge in [-0.3, -0.25) is 4.57 Å². The molecule has 0 aliphatic carbocycles. The van der Waals surface area contributed by atoms with Crippen LogP contribution in [0, 0.1) is 5.92 Å². The molecule has 2 heterocycles. The number of benzene rings is 1. The molecule has 1 saturated heterocycles. The number of nitrogens with two attached hydrogens (primary N) is 1. The van der Waals surface area contributed by atoms with Crippen molar-refractivity contribution in [1.82, 2.24) is 4.57 Å². The summed E-state index contributed by atoms with van der Waals surface area (Å²) in [5, 5.41) is 0. The van der Waals surface area contributed by atoms with E-state index in [0.717, 1.165) is 24.1 Å². The number of fused-ring (bicyclic) bond motifs is 1. The van der Waals surface area contributed by atoms with Gasteiger partial charge in [-0.2, -0.15) is 0 Å². The third-order valence-electron chi connectivity index (χ3n) is 4.19. The summed E-state index contributed by atoms with van der Waals surface area (Å²) in [6.45, 7) is 5.44. The fraction of sp³-hybridized carbons (Fsp3) is 0.533. The smallest absolute Gasteiger partial charge is 0.408 e. The predicted octanol–water partition coefficient (Wildman–Crippen LogP) is 2.04. The van der Waals surface area contributed by atoms with E-state index in [0.29, 0.717) is 18.0 Å². The lowest BCUT2D eigenvalue weighted by Gasteiger charge is -2.22. The first-order valence-electron chi connectivity index (χ1n) is 7.12. The van der Waals surface area contributed by atoms with Crippen molar-refractivity contribution < 1.29 is 9.15 Å². The summed E-state index contributed by atoms with van der Waals surface area (Å²) in [5.41, 5.74) is 8.67. The maximum Gasteiger partial charge on any atom is 0.419 e. The standard InChI is InChI=1S/C15H20N2O3/c1-3-17-11-5-4-10(8-12(11)20-15(17)18)13(16)14-9(2)6-7-19-14/h4-5,8-9,13-14H,3,6-7,16H2,1-2H3. The SMILES string of the molecule is CCn1c(=O)oc2cc(C(N)C3OCCC3C)ccc21. The fourth-order valence-corrected chi connectivity index (χ4v) is 2.96. The van der Waals surface area contributed by atoms with Crippen LogP contribution in [0.3, 0.4) is 0 Å². The molecule has 3 rings (SSSR count). The lowest BCUT2D eigenvalue weighted by molar-refractivity contribution is 0.0725. The van der Waals surface area contributed by atoms with Crippen molar-refractivity contribution in [2.24, 2.45) is 11.7 Å². The summed E-state index contributed by atoms with van der Waals surface area (Å²) in [5.74, 6) is 0.131.